The SMILES string of the molecule is O=C(CC[C@H]1Cc2ccccc2NC1=O)Nc1cccc(-c2nnco2)c1. The third kappa shape index (κ3) is 3.87. The summed E-state index contributed by atoms with van der Waals surface area (Å²) in [6, 6.07) is 15.0. The Hall–Kier alpha value is -3.48. The lowest BCUT2D eigenvalue weighted by molar-refractivity contribution is -0.121. The van der Waals surface area contributed by atoms with Gasteiger partial charge in [0, 0.05) is 29.3 Å². The lowest BCUT2D eigenvalue weighted by Crippen LogP contribution is -2.30. The van der Waals surface area contributed by atoms with E-state index in [4.69, 9.17) is 4.42 Å². The van der Waals surface area contributed by atoms with Crippen molar-refractivity contribution in [2.75, 3.05) is 10.6 Å². The minimum atomic E-state index is -0.199. The van der Waals surface area contributed by atoms with Crippen LogP contribution >= 0.6 is 0 Å². The molecule has 0 bridgehead atoms. The van der Waals surface area contributed by atoms with E-state index in [-0.39, 0.29) is 24.2 Å². The van der Waals surface area contributed by atoms with Gasteiger partial charge >= 0.3 is 0 Å². The van der Waals surface area contributed by atoms with Gasteiger partial charge in [-0.2, -0.15) is 0 Å². The number of rotatable bonds is 5. The molecule has 136 valence electrons. The van der Waals surface area contributed by atoms with E-state index in [2.05, 4.69) is 20.8 Å². The van der Waals surface area contributed by atoms with E-state index >= 15 is 0 Å². The number of nitrogens with zero attached hydrogens (tertiary/aromatic N) is 2. The second-order valence-electron chi connectivity index (χ2n) is 6.46. The number of fused-ring (bicyclic) bond motifs is 1. The van der Waals surface area contributed by atoms with Gasteiger partial charge in [0.2, 0.25) is 24.1 Å². The number of carbonyl (C=O) groups excluding carboxylic acids is 2. The van der Waals surface area contributed by atoms with Crippen molar-refractivity contribution in [2.24, 2.45) is 5.92 Å². The van der Waals surface area contributed by atoms with Crippen molar-refractivity contribution in [1.82, 2.24) is 10.2 Å². The van der Waals surface area contributed by atoms with Gasteiger partial charge < -0.3 is 15.1 Å². The van der Waals surface area contributed by atoms with E-state index in [0.29, 0.717) is 24.4 Å². The van der Waals surface area contributed by atoms with Crippen molar-refractivity contribution in [1.29, 1.82) is 0 Å². The van der Waals surface area contributed by atoms with Gasteiger partial charge in [-0.05, 0) is 42.7 Å². The quantitative estimate of drug-likeness (QED) is 0.726. The summed E-state index contributed by atoms with van der Waals surface area (Å²) in [7, 11) is 0. The standard InChI is InChI=1S/C20H18N4O3/c25-18(22-16-6-3-5-15(11-16)20-24-21-12-27-20)9-8-14-10-13-4-1-2-7-17(13)23-19(14)26/h1-7,11-12,14H,8-10H2,(H,22,25)(H,23,26)/t14-/m0/s1. The number of hydrogen-bond donors (Lipinski definition) is 2. The Bertz CT molecular complexity index is 969. The predicted octanol–water partition coefficient (Wildman–Crippen LogP) is 3.27. The highest BCUT2D eigenvalue weighted by atomic mass is 16.4. The maximum Gasteiger partial charge on any atom is 0.247 e. The zero-order valence-electron chi connectivity index (χ0n) is 14.5. The minimum absolute atomic E-state index is 0.0279. The zero-order chi connectivity index (χ0) is 18.6. The molecule has 0 fully saturated rings. The van der Waals surface area contributed by atoms with Gasteiger partial charge in [-0.1, -0.05) is 24.3 Å². The molecule has 0 spiro atoms. The largest absolute Gasteiger partial charge is 0.423 e. The fraction of sp³-hybridized carbons (Fsp3) is 0.200. The van der Waals surface area contributed by atoms with Crippen LogP contribution in [0.3, 0.4) is 0 Å². The Morgan fingerprint density at radius 2 is 2.11 bits per heavy atom. The first kappa shape index (κ1) is 17.0. The van der Waals surface area contributed by atoms with Crippen LogP contribution in [-0.2, 0) is 16.0 Å². The molecule has 2 aromatic carbocycles. The first-order valence-corrected chi connectivity index (χ1v) is 8.74. The molecule has 2 N–H and O–H groups in total. The number of carbonyl (C=O) groups is 2. The number of aromatic nitrogens is 2. The monoisotopic (exact) mass is 362 g/mol. The summed E-state index contributed by atoms with van der Waals surface area (Å²) in [5.41, 5.74) is 3.35. The molecule has 1 atom stereocenters. The summed E-state index contributed by atoms with van der Waals surface area (Å²) >= 11 is 0. The molecule has 7 nitrogen and oxygen atoms in total. The van der Waals surface area contributed by atoms with Crippen LogP contribution in [0.2, 0.25) is 0 Å². The molecule has 0 saturated carbocycles. The van der Waals surface area contributed by atoms with Crippen LogP contribution in [0.25, 0.3) is 11.5 Å². The third-order valence-electron chi connectivity index (χ3n) is 4.59. The summed E-state index contributed by atoms with van der Waals surface area (Å²) in [6.45, 7) is 0. The van der Waals surface area contributed by atoms with E-state index in [1.54, 1.807) is 18.2 Å². The molecule has 2 heterocycles. The van der Waals surface area contributed by atoms with Crippen molar-refractivity contribution in [2.45, 2.75) is 19.3 Å². The first-order chi connectivity index (χ1) is 13.2. The fourth-order valence-corrected chi connectivity index (χ4v) is 3.20. The number of benzene rings is 2. The van der Waals surface area contributed by atoms with Crippen LogP contribution in [-0.4, -0.2) is 22.0 Å². The average molecular weight is 362 g/mol. The second-order valence-corrected chi connectivity index (χ2v) is 6.46. The average Bonchev–Trinajstić information content (AvgIpc) is 3.21. The van der Waals surface area contributed by atoms with E-state index in [0.717, 1.165) is 16.8 Å². The van der Waals surface area contributed by atoms with Gasteiger partial charge in [-0.3, -0.25) is 9.59 Å². The number of para-hydroxylation sites is 1. The van der Waals surface area contributed by atoms with Gasteiger partial charge in [0.1, 0.15) is 0 Å². The second kappa shape index (κ2) is 7.41. The van der Waals surface area contributed by atoms with Crippen molar-refractivity contribution in [3.8, 4) is 11.5 Å². The molecule has 4 rings (SSSR count). The Labute approximate surface area is 155 Å². The maximum atomic E-state index is 12.3. The molecule has 1 aliphatic rings. The number of anilines is 2. The fourth-order valence-electron chi connectivity index (χ4n) is 3.20. The Balaban J connectivity index is 1.35. The van der Waals surface area contributed by atoms with Crippen molar-refractivity contribution >= 4 is 23.2 Å². The smallest absolute Gasteiger partial charge is 0.247 e. The summed E-state index contributed by atoms with van der Waals surface area (Å²) in [5, 5.41) is 13.3. The van der Waals surface area contributed by atoms with Gasteiger partial charge in [0.15, 0.2) is 0 Å². The van der Waals surface area contributed by atoms with Crippen LogP contribution in [0.4, 0.5) is 11.4 Å². The summed E-state index contributed by atoms with van der Waals surface area (Å²) < 4.78 is 5.17. The van der Waals surface area contributed by atoms with Crippen LogP contribution in [0, 0.1) is 5.92 Å². The van der Waals surface area contributed by atoms with E-state index < -0.39 is 0 Å². The van der Waals surface area contributed by atoms with Crippen LogP contribution in [0.15, 0.2) is 59.3 Å². The van der Waals surface area contributed by atoms with Gasteiger partial charge in [0.05, 0.1) is 0 Å². The molecule has 3 aromatic rings. The molecule has 1 aromatic heterocycles. The maximum absolute atomic E-state index is 12.3. The Morgan fingerprint density at radius 1 is 1.22 bits per heavy atom. The molecule has 0 saturated heterocycles. The molecule has 7 heteroatoms. The molecular weight excluding hydrogens is 344 g/mol. The van der Waals surface area contributed by atoms with E-state index in [1.807, 2.05) is 30.3 Å². The van der Waals surface area contributed by atoms with Gasteiger partial charge in [0.25, 0.3) is 0 Å². The number of hydrogen-bond acceptors (Lipinski definition) is 5. The highest BCUT2D eigenvalue weighted by molar-refractivity contribution is 5.96. The van der Waals surface area contributed by atoms with Crippen molar-refractivity contribution < 1.29 is 14.0 Å². The van der Waals surface area contributed by atoms with Crippen molar-refractivity contribution in [3.63, 3.8) is 0 Å². The molecule has 0 unspecified atom stereocenters. The minimum Gasteiger partial charge on any atom is -0.423 e. The van der Waals surface area contributed by atoms with Crippen LogP contribution in [0.1, 0.15) is 18.4 Å². The first-order valence-electron chi connectivity index (χ1n) is 8.74. The molecule has 2 amide bonds. The Morgan fingerprint density at radius 3 is 2.96 bits per heavy atom. The van der Waals surface area contributed by atoms with E-state index in [1.165, 1.54) is 6.39 Å². The van der Waals surface area contributed by atoms with Crippen LogP contribution < -0.4 is 10.6 Å². The third-order valence-corrected chi connectivity index (χ3v) is 4.59. The van der Waals surface area contributed by atoms with Crippen LogP contribution in [0.5, 0.6) is 0 Å². The highest BCUT2D eigenvalue weighted by Gasteiger charge is 2.26. The van der Waals surface area contributed by atoms with Crippen molar-refractivity contribution in [3.05, 3.63) is 60.5 Å². The van der Waals surface area contributed by atoms with Gasteiger partial charge in [-0.15, -0.1) is 10.2 Å². The van der Waals surface area contributed by atoms with E-state index in [9.17, 15) is 9.59 Å². The zero-order valence-corrected chi connectivity index (χ0v) is 14.5. The van der Waals surface area contributed by atoms with Gasteiger partial charge in [-0.25, -0.2) is 0 Å². The normalized spacial score (nSPS) is 15.7. The number of nitrogens with one attached hydrogen (secondary N) is 2. The lowest BCUT2D eigenvalue weighted by atomic mass is 9.89. The topological polar surface area (TPSA) is 97.1 Å². The Kier molecular flexibility index (Phi) is 4.65. The summed E-state index contributed by atoms with van der Waals surface area (Å²) in [5.74, 6) is 0.0308. The summed E-state index contributed by atoms with van der Waals surface area (Å²) in [4.78, 5) is 24.5. The molecule has 27 heavy (non-hydrogen) atoms. The highest BCUT2D eigenvalue weighted by Crippen LogP contribution is 2.27. The predicted molar refractivity (Wildman–Crippen MR) is 99.9 cm³/mol. The number of amides is 2. The molecule has 0 aliphatic carbocycles. The molecule has 1 aliphatic heterocycles. The summed E-state index contributed by atoms with van der Waals surface area (Å²) in [6.07, 6.45) is 2.68. The molecular formula is C20H18N4O3. The molecule has 0 radical (unpaired) electrons. The lowest BCUT2D eigenvalue weighted by Gasteiger charge is -2.24.